The summed E-state index contributed by atoms with van der Waals surface area (Å²) < 4.78 is 4.72. The van der Waals surface area contributed by atoms with Crippen molar-refractivity contribution in [3.05, 3.63) is 40.5 Å². The van der Waals surface area contributed by atoms with Crippen molar-refractivity contribution in [2.45, 2.75) is 5.33 Å². The number of pyridine rings is 1. The number of hydrogen-bond donors (Lipinski definition) is 0. The summed E-state index contributed by atoms with van der Waals surface area (Å²) in [6, 6.07) is 7.19. The molecule has 0 atom stereocenters. The number of ether oxygens (including phenoxy) is 1. The third kappa shape index (κ3) is 2.42. The number of aromatic nitrogens is 1. The summed E-state index contributed by atoms with van der Waals surface area (Å²) in [6.45, 7) is 0. The molecule has 0 aliphatic rings. The minimum Gasteiger partial charge on any atom is -0.465 e. The van der Waals surface area contributed by atoms with Crippen molar-refractivity contribution in [2.75, 3.05) is 7.11 Å². The summed E-state index contributed by atoms with van der Waals surface area (Å²) in [5.41, 5.74) is 2.20. The smallest absolute Gasteiger partial charge is 0.338 e. The number of carbonyl (C=O) groups excluding carboxylic acids is 1. The number of methoxy groups -OCH3 is 1. The first-order valence-electron chi connectivity index (χ1n) is 4.89. The van der Waals surface area contributed by atoms with E-state index >= 15 is 0 Å². The molecule has 0 unspecified atom stereocenters. The van der Waals surface area contributed by atoms with Gasteiger partial charge in [0.1, 0.15) is 5.15 Å². The summed E-state index contributed by atoms with van der Waals surface area (Å²) in [7, 11) is 1.34. The van der Waals surface area contributed by atoms with Gasteiger partial charge in [-0.05, 0) is 17.7 Å². The predicted octanol–water partition coefficient (Wildman–Crippen LogP) is 3.57. The van der Waals surface area contributed by atoms with Gasteiger partial charge in [0, 0.05) is 10.7 Å². The maximum absolute atomic E-state index is 11.6. The van der Waals surface area contributed by atoms with Crippen LogP contribution in [-0.2, 0) is 10.1 Å². The fourth-order valence-electron chi connectivity index (χ4n) is 1.60. The maximum Gasteiger partial charge on any atom is 0.338 e. The van der Waals surface area contributed by atoms with E-state index in [1.54, 1.807) is 0 Å². The Hall–Kier alpha value is -1.13. The van der Waals surface area contributed by atoms with Gasteiger partial charge in [-0.2, -0.15) is 0 Å². The lowest BCUT2D eigenvalue weighted by molar-refractivity contribution is 0.0603. The Morgan fingerprint density at radius 1 is 1.47 bits per heavy atom. The van der Waals surface area contributed by atoms with Gasteiger partial charge in [0.25, 0.3) is 0 Å². The second-order valence-corrected chi connectivity index (χ2v) is 4.42. The molecule has 0 saturated heterocycles. The highest BCUT2D eigenvalue weighted by molar-refractivity contribution is 9.08. The molecule has 0 radical (unpaired) electrons. The van der Waals surface area contributed by atoms with E-state index in [0.29, 0.717) is 11.1 Å². The van der Waals surface area contributed by atoms with Crippen LogP contribution in [0.25, 0.3) is 10.9 Å². The van der Waals surface area contributed by atoms with Gasteiger partial charge in [-0.15, -0.1) is 0 Å². The minimum atomic E-state index is -0.411. The van der Waals surface area contributed by atoms with Gasteiger partial charge in [0.15, 0.2) is 0 Å². The highest BCUT2D eigenvalue weighted by Crippen LogP contribution is 2.23. The van der Waals surface area contributed by atoms with E-state index in [1.165, 1.54) is 13.2 Å². The zero-order chi connectivity index (χ0) is 12.4. The Balaban J connectivity index is 2.72. The standard InChI is InChI=1S/C12H9BrClNO2/c1-17-12(16)9-5-11(14)15-10-4-7(6-13)2-3-8(9)10/h2-5H,6H2,1H3. The molecule has 0 bridgehead atoms. The molecular weight excluding hydrogens is 305 g/mol. The molecule has 0 spiro atoms. The van der Waals surface area contributed by atoms with Crippen molar-refractivity contribution in [3.8, 4) is 0 Å². The van der Waals surface area contributed by atoms with Crippen LogP contribution in [0.2, 0.25) is 5.15 Å². The summed E-state index contributed by atoms with van der Waals surface area (Å²) >= 11 is 9.26. The van der Waals surface area contributed by atoms with E-state index in [-0.39, 0.29) is 5.15 Å². The lowest BCUT2D eigenvalue weighted by Gasteiger charge is -2.06. The van der Waals surface area contributed by atoms with E-state index in [9.17, 15) is 4.79 Å². The second-order valence-electron chi connectivity index (χ2n) is 3.47. The normalized spacial score (nSPS) is 10.5. The van der Waals surface area contributed by atoms with Crippen LogP contribution in [0.1, 0.15) is 15.9 Å². The summed E-state index contributed by atoms with van der Waals surface area (Å²) in [4.78, 5) is 15.8. The molecule has 17 heavy (non-hydrogen) atoms. The Morgan fingerprint density at radius 2 is 2.24 bits per heavy atom. The van der Waals surface area contributed by atoms with Gasteiger partial charge < -0.3 is 4.74 Å². The van der Waals surface area contributed by atoms with Gasteiger partial charge in [0.2, 0.25) is 0 Å². The van der Waals surface area contributed by atoms with Crippen molar-refractivity contribution in [3.63, 3.8) is 0 Å². The molecule has 2 aromatic rings. The van der Waals surface area contributed by atoms with Crippen LogP contribution >= 0.6 is 27.5 Å². The molecule has 88 valence electrons. The zero-order valence-electron chi connectivity index (χ0n) is 9.04. The van der Waals surface area contributed by atoms with Crippen LogP contribution in [0.5, 0.6) is 0 Å². The highest BCUT2D eigenvalue weighted by Gasteiger charge is 2.12. The number of alkyl halides is 1. The van der Waals surface area contributed by atoms with Crippen LogP contribution in [0.15, 0.2) is 24.3 Å². The molecule has 0 fully saturated rings. The van der Waals surface area contributed by atoms with E-state index in [0.717, 1.165) is 16.3 Å². The largest absolute Gasteiger partial charge is 0.465 e. The number of rotatable bonds is 2. The van der Waals surface area contributed by atoms with Gasteiger partial charge in [-0.1, -0.05) is 39.7 Å². The van der Waals surface area contributed by atoms with Crippen LogP contribution in [0.4, 0.5) is 0 Å². The minimum absolute atomic E-state index is 0.282. The Labute approximate surface area is 112 Å². The number of nitrogens with zero attached hydrogens (tertiary/aromatic N) is 1. The van der Waals surface area contributed by atoms with E-state index < -0.39 is 5.97 Å². The van der Waals surface area contributed by atoms with Crippen LogP contribution in [0, 0.1) is 0 Å². The highest BCUT2D eigenvalue weighted by atomic mass is 79.9. The lowest BCUT2D eigenvalue weighted by atomic mass is 10.1. The molecule has 0 saturated carbocycles. The molecule has 1 aromatic carbocycles. The quantitative estimate of drug-likeness (QED) is 0.483. The molecule has 2 rings (SSSR count). The van der Waals surface area contributed by atoms with E-state index in [1.807, 2.05) is 18.2 Å². The fraction of sp³-hybridized carbons (Fsp3) is 0.167. The first-order valence-corrected chi connectivity index (χ1v) is 6.39. The van der Waals surface area contributed by atoms with Crippen LogP contribution < -0.4 is 0 Å². The third-order valence-corrected chi connectivity index (χ3v) is 3.24. The van der Waals surface area contributed by atoms with Crippen molar-refractivity contribution < 1.29 is 9.53 Å². The third-order valence-electron chi connectivity index (χ3n) is 2.40. The van der Waals surface area contributed by atoms with E-state index in [4.69, 9.17) is 16.3 Å². The average Bonchev–Trinajstić information content (AvgIpc) is 2.35. The van der Waals surface area contributed by atoms with Gasteiger partial charge in [-0.3, -0.25) is 0 Å². The molecule has 3 nitrogen and oxygen atoms in total. The molecule has 5 heteroatoms. The number of fused-ring (bicyclic) bond motifs is 1. The number of halogens is 2. The number of esters is 1. The molecule has 0 aliphatic carbocycles. The zero-order valence-corrected chi connectivity index (χ0v) is 11.4. The van der Waals surface area contributed by atoms with Crippen LogP contribution in [0.3, 0.4) is 0 Å². The van der Waals surface area contributed by atoms with Gasteiger partial charge >= 0.3 is 5.97 Å². The number of hydrogen-bond acceptors (Lipinski definition) is 3. The first kappa shape index (κ1) is 12.3. The molecule has 0 N–H and O–H groups in total. The van der Waals surface area contributed by atoms with Crippen molar-refractivity contribution in [2.24, 2.45) is 0 Å². The summed E-state index contributed by atoms with van der Waals surface area (Å²) in [5.74, 6) is -0.411. The molecular formula is C12H9BrClNO2. The van der Waals surface area contributed by atoms with Crippen LogP contribution in [-0.4, -0.2) is 18.1 Å². The molecule has 1 aromatic heterocycles. The summed E-state index contributed by atoms with van der Waals surface area (Å²) in [5, 5.41) is 1.75. The molecule has 0 aliphatic heterocycles. The maximum atomic E-state index is 11.6. The number of carbonyl (C=O) groups is 1. The Bertz CT molecular complexity index is 586. The monoisotopic (exact) mass is 313 g/mol. The van der Waals surface area contributed by atoms with Gasteiger partial charge in [0.05, 0.1) is 18.2 Å². The Morgan fingerprint density at radius 3 is 2.88 bits per heavy atom. The molecule has 0 amide bonds. The predicted molar refractivity (Wildman–Crippen MR) is 70.7 cm³/mol. The summed E-state index contributed by atoms with van der Waals surface area (Å²) in [6.07, 6.45) is 0. The SMILES string of the molecule is COC(=O)c1cc(Cl)nc2cc(CBr)ccc12. The van der Waals surface area contributed by atoms with Crippen molar-refractivity contribution in [1.29, 1.82) is 0 Å². The van der Waals surface area contributed by atoms with Gasteiger partial charge in [-0.25, -0.2) is 9.78 Å². The van der Waals surface area contributed by atoms with E-state index in [2.05, 4.69) is 20.9 Å². The van der Waals surface area contributed by atoms with Crippen molar-refractivity contribution >= 4 is 44.4 Å². The topological polar surface area (TPSA) is 39.2 Å². The lowest BCUT2D eigenvalue weighted by Crippen LogP contribution is -2.03. The number of benzene rings is 1. The second kappa shape index (κ2) is 5.02. The Kier molecular flexibility index (Phi) is 3.64. The fourth-order valence-corrected chi connectivity index (χ4v) is 2.15. The average molecular weight is 315 g/mol. The van der Waals surface area contributed by atoms with Crippen molar-refractivity contribution in [1.82, 2.24) is 4.98 Å². The molecule has 1 heterocycles. The first-order chi connectivity index (χ1) is 8.15.